The summed E-state index contributed by atoms with van der Waals surface area (Å²) in [4.78, 5) is 37.2. The van der Waals surface area contributed by atoms with Gasteiger partial charge in [-0.15, -0.1) is 0 Å². The number of nitro groups is 1. The Morgan fingerprint density at radius 2 is 2.04 bits per heavy atom. The van der Waals surface area contributed by atoms with Crippen LogP contribution in [0.2, 0.25) is 0 Å². The zero-order valence-electron chi connectivity index (χ0n) is 15.0. The van der Waals surface area contributed by atoms with E-state index in [2.05, 4.69) is 0 Å². The fourth-order valence-corrected chi connectivity index (χ4v) is 3.16. The Labute approximate surface area is 160 Å². The third-order valence-electron chi connectivity index (χ3n) is 4.46. The monoisotopic (exact) mass is 386 g/mol. The summed E-state index contributed by atoms with van der Waals surface area (Å²) in [5, 5.41) is 21.3. The molecule has 146 valence electrons. The molecule has 3 rings (SSSR count). The van der Waals surface area contributed by atoms with E-state index in [0.29, 0.717) is 18.6 Å². The van der Waals surface area contributed by atoms with Crippen LogP contribution in [0, 0.1) is 10.1 Å². The van der Waals surface area contributed by atoms with Crippen molar-refractivity contribution in [2.24, 2.45) is 0 Å². The number of aliphatic hydroxyl groups excluding tert-OH is 1. The lowest BCUT2D eigenvalue weighted by molar-refractivity contribution is -0.384. The maximum absolute atomic E-state index is 12.9. The number of carbonyl (C=O) groups excluding carboxylic acids is 2. The van der Waals surface area contributed by atoms with Gasteiger partial charge in [0.15, 0.2) is 11.5 Å². The number of Topliss-reactive ketones (excluding diaryl/α,β-unsaturated/α-hetero) is 1. The number of methoxy groups -OCH3 is 1. The highest BCUT2D eigenvalue weighted by Crippen LogP contribution is 2.39. The number of amides is 1. The first-order valence-corrected chi connectivity index (χ1v) is 8.51. The third kappa shape index (κ3) is 3.52. The summed E-state index contributed by atoms with van der Waals surface area (Å²) in [5.41, 5.74) is 0.229. The Hall–Kier alpha value is -3.46. The molecule has 9 nitrogen and oxygen atoms in total. The maximum atomic E-state index is 12.9. The van der Waals surface area contributed by atoms with Crippen molar-refractivity contribution >= 4 is 17.4 Å². The van der Waals surface area contributed by atoms with Crippen molar-refractivity contribution in [2.75, 3.05) is 20.3 Å². The average molecular weight is 386 g/mol. The minimum Gasteiger partial charge on any atom is -0.503 e. The molecule has 1 aliphatic heterocycles. The summed E-state index contributed by atoms with van der Waals surface area (Å²) in [6.07, 6.45) is 1.81. The van der Waals surface area contributed by atoms with E-state index in [1.54, 1.807) is 0 Å². The first kappa shape index (κ1) is 19.3. The molecule has 1 amide bonds. The van der Waals surface area contributed by atoms with Gasteiger partial charge in [-0.25, -0.2) is 0 Å². The molecule has 2 heterocycles. The fourth-order valence-electron chi connectivity index (χ4n) is 3.16. The molecule has 2 aromatic rings. The number of non-ortho nitro benzene ring substituents is 1. The third-order valence-corrected chi connectivity index (χ3v) is 4.46. The number of ether oxygens (including phenoxy) is 1. The summed E-state index contributed by atoms with van der Waals surface area (Å²) in [6, 6.07) is 7.59. The average Bonchev–Trinajstić information content (AvgIpc) is 3.31. The predicted molar refractivity (Wildman–Crippen MR) is 96.7 cm³/mol. The van der Waals surface area contributed by atoms with Gasteiger partial charge in [0.1, 0.15) is 0 Å². The predicted octanol–water partition coefficient (Wildman–Crippen LogP) is 2.80. The molecular weight excluding hydrogens is 368 g/mol. The van der Waals surface area contributed by atoms with E-state index in [4.69, 9.17) is 9.15 Å². The Morgan fingerprint density at radius 1 is 1.32 bits per heavy atom. The van der Waals surface area contributed by atoms with E-state index in [1.807, 2.05) is 0 Å². The number of rotatable bonds is 8. The van der Waals surface area contributed by atoms with Crippen LogP contribution in [-0.2, 0) is 9.53 Å². The van der Waals surface area contributed by atoms with E-state index in [9.17, 15) is 24.8 Å². The van der Waals surface area contributed by atoms with Crippen molar-refractivity contribution in [3.05, 3.63) is 75.4 Å². The molecule has 0 spiro atoms. The second-order valence-corrected chi connectivity index (χ2v) is 6.16. The second-order valence-electron chi connectivity index (χ2n) is 6.16. The maximum Gasteiger partial charge on any atom is 0.290 e. The first-order valence-electron chi connectivity index (χ1n) is 8.51. The molecule has 0 unspecified atom stereocenters. The van der Waals surface area contributed by atoms with Crippen LogP contribution in [0.15, 0.2) is 58.4 Å². The van der Waals surface area contributed by atoms with Gasteiger partial charge in [-0.3, -0.25) is 19.7 Å². The SMILES string of the molecule is COCCCN1C(=O)C(O)=C(C(=O)c2ccco2)[C@@H]1c1ccc([N+](=O)[O-])cc1. The first-order chi connectivity index (χ1) is 13.5. The van der Waals surface area contributed by atoms with Crippen LogP contribution in [0.25, 0.3) is 0 Å². The standard InChI is InChI=1S/C19H18N2O7/c1-27-10-3-9-20-16(12-5-7-13(8-6-12)21(25)26)15(18(23)19(20)24)17(22)14-4-2-11-28-14/h2,4-8,11,16,23H,3,9-10H2,1H3/t16-/m0/s1. The number of nitro benzene ring substituents is 1. The number of aliphatic hydroxyl groups is 1. The highest BCUT2D eigenvalue weighted by Gasteiger charge is 2.44. The zero-order chi connectivity index (χ0) is 20.3. The molecule has 1 N–H and O–H groups in total. The molecule has 1 aromatic heterocycles. The van der Waals surface area contributed by atoms with Crippen molar-refractivity contribution in [1.82, 2.24) is 4.90 Å². The topological polar surface area (TPSA) is 123 Å². The minimum absolute atomic E-state index is 0.0139. The highest BCUT2D eigenvalue weighted by atomic mass is 16.6. The molecule has 0 fully saturated rings. The summed E-state index contributed by atoms with van der Waals surface area (Å²) in [6.45, 7) is 0.617. The highest BCUT2D eigenvalue weighted by molar-refractivity contribution is 6.15. The Bertz CT molecular complexity index is 916. The number of hydrogen-bond donors (Lipinski definition) is 1. The van der Waals surface area contributed by atoms with Gasteiger partial charge in [-0.1, -0.05) is 0 Å². The molecule has 0 bridgehead atoms. The molecule has 9 heteroatoms. The molecule has 0 radical (unpaired) electrons. The van der Waals surface area contributed by atoms with Crippen LogP contribution in [-0.4, -0.2) is 46.9 Å². The van der Waals surface area contributed by atoms with Crippen LogP contribution in [0.1, 0.15) is 28.6 Å². The van der Waals surface area contributed by atoms with Gasteiger partial charge in [-0.05, 0) is 36.2 Å². The van der Waals surface area contributed by atoms with Crippen LogP contribution < -0.4 is 0 Å². The Kier molecular flexibility index (Phi) is 5.55. The van der Waals surface area contributed by atoms with Crippen molar-refractivity contribution < 1.29 is 28.8 Å². The molecule has 0 saturated heterocycles. The van der Waals surface area contributed by atoms with Crippen LogP contribution in [0.5, 0.6) is 0 Å². The van der Waals surface area contributed by atoms with Crippen molar-refractivity contribution in [3.8, 4) is 0 Å². The summed E-state index contributed by atoms with van der Waals surface area (Å²) in [7, 11) is 1.53. The summed E-state index contributed by atoms with van der Waals surface area (Å²) in [5.74, 6) is -1.97. The van der Waals surface area contributed by atoms with E-state index in [-0.39, 0.29) is 23.6 Å². The smallest absolute Gasteiger partial charge is 0.290 e. The number of ketones is 1. The van der Waals surface area contributed by atoms with E-state index >= 15 is 0 Å². The van der Waals surface area contributed by atoms with Gasteiger partial charge >= 0.3 is 0 Å². The van der Waals surface area contributed by atoms with Gasteiger partial charge < -0.3 is 19.2 Å². The van der Waals surface area contributed by atoms with E-state index in [0.717, 1.165) is 0 Å². The molecule has 28 heavy (non-hydrogen) atoms. The van der Waals surface area contributed by atoms with Crippen molar-refractivity contribution in [3.63, 3.8) is 0 Å². The normalized spacial score (nSPS) is 16.7. The Morgan fingerprint density at radius 3 is 2.61 bits per heavy atom. The van der Waals surface area contributed by atoms with Gasteiger partial charge in [-0.2, -0.15) is 0 Å². The molecule has 1 atom stereocenters. The number of carbonyl (C=O) groups is 2. The molecule has 1 aromatic carbocycles. The van der Waals surface area contributed by atoms with Gasteiger partial charge in [0.25, 0.3) is 11.6 Å². The number of furan rings is 1. The fraction of sp³-hybridized carbons (Fsp3) is 0.263. The number of hydrogen-bond acceptors (Lipinski definition) is 7. The van der Waals surface area contributed by atoms with Gasteiger partial charge in [0.05, 0.1) is 22.8 Å². The number of nitrogens with zero attached hydrogens (tertiary/aromatic N) is 2. The lowest BCUT2D eigenvalue weighted by Crippen LogP contribution is -2.32. The lowest BCUT2D eigenvalue weighted by Gasteiger charge is -2.26. The largest absolute Gasteiger partial charge is 0.503 e. The van der Waals surface area contributed by atoms with Gasteiger partial charge in [0, 0.05) is 32.4 Å². The van der Waals surface area contributed by atoms with Crippen molar-refractivity contribution in [1.29, 1.82) is 0 Å². The van der Waals surface area contributed by atoms with Crippen LogP contribution in [0.4, 0.5) is 5.69 Å². The molecular formula is C19H18N2O7. The van der Waals surface area contributed by atoms with Gasteiger partial charge in [0.2, 0.25) is 5.78 Å². The minimum atomic E-state index is -0.886. The van der Waals surface area contributed by atoms with E-state index in [1.165, 1.54) is 54.7 Å². The molecule has 1 aliphatic rings. The molecule has 0 aliphatic carbocycles. The Balaban J connectivity index is 2.02. The quantitative estimate of drug-likeness (QED) is 0.320. The zero-order valence-corrected chi connectivity index (χ0v) is 15.0. The van der Waals surface area contributed by atoms with Crippen LogP contribution in [0.3, 0.4) is 0 Å². The summed E-state index contributed by atoms with van der Waals surface area (Å²) < 4.78 is 10.1. The van der Waals surface area contributed by atoms with E-state index < -0.39 is 28.4 Å². The van der Waals surface area contributed by atoms with Crippen molar-refractivity contribution in [2.45, 2.75) is 12.5 Å². The van der Waals surface area contributed by atoms with Crippen LogP contribution >= 0.6 is 0 Å². The second kappa shape index (κ2) is 8.05. The molecule has 0 saturated carbocycles. The lowest BCUT2D eigenvalue weighted by atomic mass is 9.95. The summed E-state index contributed by atoms with van der Waals surface area (Å²) >= 11 is 0. The number of benzene rings is 1.